The third kappa shape index (κ3) is 6.84. The average molecular weight is 1160 g/mol. The van der Waals surface area contributed by atoms with Crippen molar-refractivity contribution in [3.05, 3.63) is 156 Å². The molecule has 11 nitrogen and oxygen atoms in total. The van der Waals surface area contributed by atoms with Crippen LogP contribution in [0.25, 0.3) is 100 Å². The van der Waals surface area contributed by atoms with Crippen LogP contribution in [-0.4, -0.2) is 30.8 Å². The van der Waals surface area contributed by atoms with E-state index in [4.69, 9.17) is 32.1 Å². The smallest absolute Gasteiger partial charge is 0.495 e. The molecule has 0 radical (unpaired) electrons. The van der Waals surface area contributed by atoms with Crippen molar-refractivity contribution in [2.45, 2.75) is 38.9 Å². The molecule has 0 unspecified atom stereocenters. The first-order chi connectivity index (χ1) is 37.7. The molecule has 0 amide bonds. The molecule has 4 aliphatic rings. The molecule has 10 aromatic rings. The van der Waals surface area contributed by atoms with E-state index in [0.29, 0.717) is 56.0 Å². The normalized spacial score (nSPS) is 16.2. The third-order valence-electron chi connectivity index (χ3n) is 14.1. The number of rotatable bonds is 6. The Morgan fingerprint density at radius 1 is 0.603 bits per heavy atom. The van der Waals surface area contributed by atoms with Crippen molar-refractivity contribution < 1.29 is 28.5 Å². The van der Waals surface area contributed by atoms with Gasteiger partial charge in [-0.25, -0.2) is 0 Å². The van der Waals surface area contributed by atoms with Crippen LogP contribution in [0.1, 0.15) is 80.4 Å². The van der Waals surface area contributed by atoms with Crippen molar-refractivity contribution >= 4 is 154 Å². The van der Waals surface area contributed by atoms with Gasteiger partial charge in [0.25, 0.3) is 0 Å². The fourth-order valence-electron chi connectivity index (χ4n) is 10.8. The molecule has 0 N–H and O–H groups in total. The zero-order chi connectivity index (χ0) is 53.8. The summed E-state index contributed by atoms with van der Waals surface area (Å²) in [6, 6.07) is 21.0. The maximum absolute atomic E-state index is 13.7. The SMILES string of the molecule is [C-]#[N+]C([N+]#[C-])=C1/C(=C/c2cc(OC)c(-c3cc4sc5c(c4s3)C(C)(C)Oc3c-5sc4c5c(sc34)-c3sc4cc(-c6sc(/C=C7\C(=O)c8ccccc8C7=C(C#N)C#N)cc6OC)sc4c3C(C)(C)O5)s2)C(=O)c2cnccc21. The maximum atomic E-state index is 13.7. The molecule has 2 aliphatic heterocycles. The van der Waals surface area contributed by atoms with Crippen molar-refractivity contribution in [3.63, 3.8) is 0 Å². The Hall–Kier alpha value is -7.79. The molecule has 0 saturated carbocycles. The second-order valence-electron chi connectivity index (χ2n) is 19.4. The standard InChI is InChI=1S/C59H31N5O6S8/c1-58(2)41-49-37(19-35(73-49)47-33(67-7)17-25(71-47)15-30-39(24(21-60)22-61)27-11-9-10-12-29(27)43(30)65)75-51(41)53-45(69-58)55-56(77-53)46-54(78-55)52-42(59(3,4)70-46)50-38(76-52)20-36(74-50)48-34(68-8)18-26(72-48)16-31-40(57(62-5)63-6)28-13-14-64-23-32(28)44(31)66/h9-20,23H,1-4,7-8H3/b30-15-,31-16-. The van der Waals surface area contributed by atoms with E-state index >= 15 is 0 Å². The number of ether oxygens (including phenoxy) is 4. The van der Waals surface area contributed by atoms with Crippen molar-refractivity contribution in [2.24, 2.45) is 0 Å². The Labute approximate surface area is 476 Å². The molecule has 9 aromatic heterocycles. The van der Waals surface area contributed by atoms with Crippen molar-refractivity contribution in [3.8, 4) is 74.2 Å². The molecule has 0 saturated heterocycles. The molecule has 11 heterocycles. The fraction of sp³-hybridized carbons (Fsp3) is 0.136. The topological polar surface area (TPSA) is 140 Å². The number of ketones is 2. The number of methoxy groups -OCH3 is 2. The average Bonchev–Trinajstić information content (AvgIpc) is 4.05. The van der Waals surface area contributed by atoms with Crippen LogP contribution in [0.4, 0.5) is 0 Å². The van der Waals surface area contributed by atoms with Gasteiger partial charge in [-0.15, -0.1) is 90.7 Å². The number of fused-ring (bicyclic) bond motifs is 15. The van der Waals surface area contributed by atoms with Crippen LogP contribution in [0.3, 0.4) is 0 Å². The van der Waals surface area contributed by atoms with Gasteiger partial charge in [0.05, 0.1) is 77.6 Å². The summed E-state index contributed by atoms with van der Waals surface area (Å²) in [7, 11) is 3.27. The van der Waals surface area contributed by atoms with Gasteiger partial charge in [-0.3, -0.25) is 14.6 Å². The van der Waals surface area contributed by atoms with Gasteiger partial charge >= 0.3 is 5.82 Å². The first kappa shape index (κ1) is 48.6. The summed E-state index contributed by atoms with van der Waals surface area (Å²) in [4.78, 5) is 48.5. The second-order valence-corrected chi connectivity index (χ2v) is 27.8. The fourth-order valence-corrected chi connectivity index (χ4v) is 21.9. The Balaban J connectivity index is 0.807. The van der Waals surface area contributed by atoms with Crippen LogP contribution < -0.4 is 18.9 Å². The highest BCUT2D eigenvalue weighted by Gasteiger charge is 2.45. The van der Waals surface area contributed by atoms with E-state index in [1.165, 1.54) is 38.6 Å². The quantitative estimate of drug-likeness (QED) is 0.0904. The van der Waals surface area contributed by atoms with Crippen molar-refractivity contribution in [1.29, 1.82) is 10.5 Å². The number of hydrogen-bond acceptors (Lipinski definition) is 17. The number of hydrogen-bond donors (Lipinski definition) is 0. The van der Waals surface area contributed by atoms with Gasteiger partial charge in [-0.2, -0.15) is 20.2 Å². The summed E-state index contributed by atoms with van der Waals surface area (Å²) in [5, 5.41) is 19.8. The maximum Gasteiger partial charge on any atom is 0.528 e. The first-order valence-corrected chi connectivity index (χ1v) is 30.3. The van der Waals surface area contributed by atoms with Gasteiger partial charge in [0.15, 0.2) is 23.1 Å². The van der Waals surface area contributed by atoms with Crippen LogP contribution in [-0.2, 0) is 11.2 Å². The Kier molecular flexibility index (Phi) is 10.8. The zero-order valence-electron chi connectivity index (χ0n) is 41.5. The van der Waals surface area contributed by atoms with E-state index in [2.05, 4.69) is 54.5 Å². The van der Waals surface area contributed by atoms with Gasteiger partial charge in [0.2, 0.25) is 0 Å². The van der Waals surface area contributed by atoms with Crippen LogP contribution in [0, 0.1) is 35.8 Å². The lowest BCUT2D eigenvalue weighted by molar-refractivity contribution is 0.103. The Morgan fingerprint density at radius 3 is 1.59 bits per heavy atom. The predicted molar refractivity (Wildman–Crippen MR) is 318 cm³/mol. The van der Waals surface area contributed by atoms with E-state index in [0.717, 1.165) is 89.8 Å². The van der Waals surface area contributed by atoms with E-state index in [1.54, 1.807) is 131 Å². The molecule has 0 bridgehead atoms. The molecule has 14 rings (SSSR count). The number of aromatic nitrogens is 1. The minimum absolute atomic E-state index is 0.103. The molecule has 0 fully saturated rings. The summed E-state index contributed by atoms with van der Waals surface area (Å²) >= 11 is 13.4. The lowest BCUT2D eigenvalue weighted by Crippen LogP contribution is -2.27. The number of benzene rings is 1. The number of pyridine rings is 1. The highest BCUT2D eigenvalue weighted by atomic mass is 32.1. The number of thiophene rings is 8. The van der Waals surface area contributed by atoms with E-state index < -0.39 is 11.2 Å². The molecular formula is C59H31N5O6S8. The van der Waals surface area contributed by atoms with E-state index in [9.17, 15) is 20.1 Å². The number of carbonyl (C=O) groups excluding carboxylic acids is 2. The lowest BCUT2D eigenvalue weighted by atomic mass is 9.95. The summed E-state index contributed by atoms with van der Waals surface area (Å²) in [6.07, 6.45) is 6.58. The van der Waals surface area contributed by atoms with Crippen LogP contribution in [0.15, 0.2) is 89.5 Å². The number of allylic oxidation sites excluding steroid dienone is 5. The molecule has 78 heavy (non-hydrogen) atoms. The van der Waals surface area contributed by atoms with Crippen molar-refractivity contribution in [1.82, 2.24) is 4.98 Å². The van der Waals surface area contributed by atoms with Crippen LogP contribution in [0.5, 0.6) is 23.0 Å². The van der Waals surface area contributed by atoms with Gasteiger partial charge in [-0.1, -0.05) is 24.3 Å². The van der Waals surface area contributed by atoms with Crippen LogP contribution in [0.2, 0.25) is 0 Å². The molecule has 2 aliphatic carbocycles. The number of nitriles is 2. The number of nitrogens with zero attached hydrogens (tertiary/aromatic N) is 5. The minimum atomic E-state index is -0.672. The molecule has 0 atom stereocenters. The molecule has 1 aromatic carbocycles. The monoisotopic (exact) mass is 1160 g/mol. The Bertz CT molecular complexity index is 4430. The van der Waals surface area contributed by atoms with E-state index in [-0.39, 0.29) is 23.0 Å². The summed E-state index contributed by atoms with van der Waals surface area (Å²) < 4.78 is 32.9. The summed E-state index contributed by atoms with van der Waals surface area (Å²) in [6.45, 7) is 23.9. The largest absolute Gasteiger partial charge is 0.528 e. The highest BCUT2D eigenvalue weighted by Crippen LogP contribution is 2.67. The second kappa shape index (κ2) is 17.4. The summed E-state index contributed by atoms with van der Waals surface area (Å²) in [5.41, 5.74) is 4.09. The predicted octanol–water partition coefficient (Wildman–Crippen LogP) is 17.8. The number of carbonyl (C=O) groups is 2. The third-order valence-corrected chi connectivity index (χ3v) is 24.2. The van der Waals surface area contributed by atoms with Gasteiger partial charge < -0.3 is 18.9 Å². The molecule has 19 heteroatoms. The lowest BCUT2D eigenvalue weighted by Gasteiger charge is -2.32. The van der Waals surface area contributed by atoms with Gasteiger partial charge in [-0.05, 0) is 81.3 Å². The van der Waals surface area contributed by atoms with Gasteiger partial charge in [0, 0.05) is 70.5 Å². The number of Topliss-reactive ketones (excluding diaryl/α,β-unsaturated/α-hetero) is 2. The minimum Gasteiger partial charge on any atom is -0.495 e. The van der Waals surface area contributed by atoms with E-state index in [1.807, 2.05) is 24.3 Å². The van der Waals surface area contributed by atoms with Gasteiger partial charge in [0.1, 0.15) is 53.6 Å². The Morgan fingerprint density at radius 2 is 1.09 bits per heavy atom. The first-order valence-electron chi connectivity index (χ1n) is 23.8. The summed E-state index contributed by atoms with van der Waals surface area (Å²) in [5.74, 6) is 2.44. The molecule has 376 valence electrons. The van der Waals surface area contributed by atoms with Crippen LogP contribution >= 0.6 is 90.7 Å². The molecule has 0 spiro atoms. The highest BCUT2D eigenvalue weighted by molar-refractivity contribution is 7.38. The molecular weight excluding hydrogens is 1130 g/mol. The van der Waals surface area contributed by atoms with Crippen molar-refractivity contribution in [2.75, 3.05) is 14.2 Å². The zero-order valence-corrected chi connectivity index (χ0v) is 48.0.